The Morgan fingerprint density at radius 2 is 2.12 bits per heavy atom. The van der Waals surface area contributed by atoms with E-state index in [1.165, 1.54) is 32.1 Å². The first-order valence-electron chi connectivity index (χ1n) is 9.66. The molecule has 1 aromatic rings. The van der Waals surface area contributed by atoms with Gasteiger partial charge in [0.2, 0.25) is 0 Å². The minimum Gasteiger partial charge on any atom is -0.354 e. The molecule has 1 saturated heterocycles. The zero-order valence-electron chi connectivity index (χ0n) is 16.3. The molecule has 140 valence electrons. The van der Waals surface area contributed by atoms with E-state index < -0.39 is 0 Å². The number of likely N-dealkylation sites (N-methyl/N-ethyl adjacent to an activating group) is 1. The highest BCUT2D eigenvalue weighted by Crippen LogP contribution is 2.33. The van der Waals surface area contributed by atoms with Gasteiger partial charge < -0.3 is 19.7 Å². The summed E-state index contributed by atoms with van der Waals surface area (Å²) in [6.45, 7) is 5.39. The number of aromatic nitrogens is 2. The van der Waals surface area contributed by atoms with Crippen molar-refractivity contribution < 1.29 is 0 Å². The SMILES string of the molecule is CN=C(NCC1(N(C)C)CCCC1)N1CCC(C)C(n2ccnc2)C1. The smallest absolute Gasteiger partial charge is 0.193 e. The van der Waals surface area contributed by atoms with Crippen LogP contribution in [-0.4, -0.2) is 71.6 Å². The lowest BCUT2D eigenvalue weighted by Crippen LogP contribution is -2.55. The summed E-state index contributed by atoms with van der Waals surface area (Å²) >= 11 is 0. The van der Waals surface area contributed by atoms with Crippen LogP contribution in [0.5, 0.6) is 0 Å². The van der Waals surface area contributed by atoms with Gasteiger partial charge in [-0.05, 0) is 39.3 Å². The van der Waals surface area contributed by atoms with Gasteiger partial charge in [0.1, 0.15) is 0 Å². The van der Waals surface area contributed by atoms with Crippen molar-refractivity contribution in [2.75, 3.05) is 40.8 Å². The van der Waals surface area contributed by atoms with Gasteiger partial charge in [-0.15, -0.1) is 0 Å². The van der Waals surface area contributed by atoms with Crippen molar-refractivity contribution in [1.29, 1.82) is 0 Å². The van der Waals surface area contributed by atoms with Crippen LogP contribution in [0.4, 0.5) is 0 Å². The lowest BCUT2D eigenvalue weighted by atomic mass is 9.93. The van der Waals surface area contributed by atoms with Crippen LogP contribution in [0.25, 0.3) is 0 Å². The Hall–Kier alpha value is -1.56. The van der Waals surface area contributed by atoms with Crippen molar-refractivity contribution in [2.45, 2.75) is 50.6 Å². The number of guanidine groups is 1. The van der Waals surface area contributed by atoms with E-state index in [-0.39, 0.29) is 5.54 Å². The van der Waals surface area contributed by atoms with E-state index in [0.717, 1.165) is 25.6 Å². The summed E-state index contributed by atoms with van der Waals surface area (Å²) in [7, 11) is 6.34. The maximum Gasteiger partial charge on any atom is 0.193 e. The summed E-state index contributed by atoms with van der Waals surface area (Å²) in [6, 6.07) is 0.462. The largest absolute Gasteiger partial charge is 0.354 e. The topological polar surface area (TPSA) is 48.7 Å². The molecular formula is C19H34N6. The van der Waals surface area contributed by atoms with Crippen LogP contribution in [-0.2, 0) is 0 Å². The Balaban J connectivity index is 1.65. The van der Waals surface area contributed by atoms with Crippen LogP contribution in [0.2, 0.25) is 0 Å². The fraction of sp³-hybridized carbons (Fsp3) is 0.789. The van der Waals surface area contributed by atoms with E-state index in [1.807, 2.05) is 19.6 Å². The fourth-order valence-corrected chi connectivity index (χ4v) is 4.49. The fourth-order valence-electron chi connectivity index (χ4n) is 4.49. The van der Waals surface area contributed by atoms with E-state index in [2.05, 4.69) is 56.9 Å². The summed E-state index contributed by atoms with van der Waals surface area (Å²) in [6.07, 6.45) is 12.3. The minimum absolute atomic E-state index is 0.281. The van der Waals surface area contributed by atoms with Crippen LogP contribution in [0.15, 0.2) is 23.7 Å². The maximum absolute atomic E-state index is 4.59. The molecule has 2 unspecified atom stereocenters. The van der Waals surface area contributed by atoms with Crippen molar-refractivity contribution >= 4 is 5.96 Å². The lowest BCUT2D eigenvalue weighted by molar-refractivity contribution is 0.154. The monoisotopic (exact) mass is 346 g/mol. The molecule has 6 heteroatoms. The lowest BCUT2D eigenvalue weighted by Gasteiger charge is -2.41. The number of hydrogen-bond acceptors (Lipinski definition) is 3. The molecule has 0 amide bonds. The molecule has 1 aromatic heterocycles. The molecule has 0 bridgehead atoms. The highest BCUT2D eigenvalue weighted by molar-refractivity contribution is 5.80. The molecule has 2 fully saturated rings. The third kappa shape index (κ3) is 3.84. The first-order chi connectivity index (χ1) is 12.1. The van der Waals surface area contributed by atoms with Gasteiger partial charge >= 0.3 is 0 Å². The Morgan fingerprint density at radius 1 is 1.36 bits per heavy atom. The van der Waals surface area contributed by atoms with Gasteiger partial charge in [0.25, 0.3) is 0 Å². The molecule has 2 heterocycles. The molecule has 1 aliphatic heterocycles. The second kappa shape index (κ2) is 7.77. The highest BCUT2D eigenvalue weighted by Gasteiger charge is 2.36. The molecule has 0 spiro atoms. The van der Waals surface area contributed by atoms with Crippen LogP contribution in [0.3, 0.4) is 0 Å². The van der Waals surface area contributed by atoms with Crippen LogP contribution < -0.4 is 5.32 Å². The van der Waals surface area contributed by atoms with E-state index >= 15 is 0 Å². The standard InChI is InChI=1S/C19H34N6/c1-16-7-11-24(13-17(16)25-12-10-21-15-25)18(20-2)22-14-19(23(3)4)8-5-6-9-19/h10,12,15-17H,5-9,11,13-14H2,1-4H3,(H,20,22). The Morgan fingerprint density at radius 3 is 2.72 bits per heavy atom. The molecule has 0 aromatic carbocycles. The number of piperidine rings is 1. The molecule has 25 heavy (non-hydrogen) atoms. The summed E-state index contributed by atoms with van der Waals surface area (Å²) in [5.41, 5.74) is 0.281. The highest BCUT2D eigenvalue weighted by atomic mass is 15.3. The van der Waals surface area contributed by atoms with Crippen LogP contribution in [0.1, 0.15) is 45.1 Å². The predicted octanol–water partition coefficient (Wildman–Crippen LogP) is 2.22. The average molecular weight is 347 g/mol. The predicted molar refractivity (Wildman–Crippen MR) is 103 cm³/mol. The molecule has 2 aliphatic rings. The number of nitrogens with zero attached hydrogens (tertiary/aromatic N) is 5. The van der Waals surface area contributed by atoms with Gasteiger partial charge in [0, 0.05) is 44.6 Å². The molecule has 1 saturated carbocycles. The summed E-state index contributed by atoms with van der Waals surface area (Å²) < 4.78 is 2.25. The van der Waals surface area contributed by atoms with Crippen molar-refractivity contribution in [1.82, 2.24) is 24.7 Å². The summed E-state index contributed by atoms with van der Waals surface area (Å²) in [4.78, 5) is 13.7. The molecule has 0 radical (unpaired) electrons. The number of hydrogen-bond donors (Lipinski definition) is 1. The third-order valence-electron chi connectivity index (χ3n) is 6.40. The van der Waals surface area contributed by atoms with Crippen molar-refractivity contribution in [3.63, 3.8) is 0 Å². The second-order valence-corrected chi connectivity index (χ2v) is 8.02. The van der Waals surface area contributed by atoms with Gasteiger partial charge in [-0.2, -0.15) is 0 Å². The maximum atomic E-state index is 4.59. The Labute approximate surface area is 152 Å². The van der Waals surface area contributed by atoms with E-state index in [4.69, 9.17) is 0 Å². The number of imidazole rings is 1. The first kappa shape index (κ1) is 18.2. The van der Waals surface area contributed by atoms with Crippen molar-refractivity contribution in [3.05, 3.63) is 18.7 Å². The second-order valence-electron chi connectivity index (χ2n) is 8.02. The average Bonchev–Trinajstić information content (AvgIpc) is 3.28. The normalized spacial score (nSPS) is 27.1. The zero-order chi connectivity index (χ0) is 17.9. The first-order valence-corrected chi connectivity index (χ1v) is 9.66. The van der Waals surface area contributed by atoms with Gasteiger partial charge in [0.15, 0.2) is 5.96 Å². The number of likely N-dealkylation sites (tertiary alicyclic amines) is 1. The number of nitrogens with one attached hydrogen (secondary N) is 1. The third-order valence-corrected chi connectivity index (χ3v) is 6.40. The van der Waals surface area contributed by atoms with Crippen LogP contribution in [0, 0.1) is 5.92 Å². The molecule has 6 nitrogen and oxygen atoms in total. The van der Waals surface area contributed by atoms with E-state index in [9.17, 15) is 0 Å². The Kier molecular flexibility index (Phi) is 5.67. The molecule has 3 rings (SSSR count). The zero-order valence-corrected chi connectivity index (χ0v) is 16.3. The Bertz CT molecular complexity index is 558. The van der Waals surface area contributed by atoms with Crippen molar-refractivity contribution in [2.24, 2.45) is 10.9 Å². The van der Waals surface area contributed by atoms with Crippen molar-refractivity contribution in [3.8, 4) is 0 Å². The van der Waals surface area contributed by atoms with E-state index in [0.29, 0.717) is 12.0 Å². The quantitative estimate of drug-likeness (QED) is 0.671. The molecule has 1 aliphatic carbocycles. The van der Waals surface area contributed by atoms with E-state index in [1.54, 1.807) is 0 Å². The minimum atomic E-state index is 0.281. The van der Waals surface area contributed by atoms with Gasteiger partial charge in [-0.1, -0.05) is 19.8 Å². The summed E-state index contributed by atoms with van der Waals surface area (Å²) in [5, 5.41) is 3.69. The van der Waals surface area contributed by atoms with Crippen LogP contribution >= 0.6 is 0 Å². The number of rotatable bonds is 4. The molecular weight excluding hydrogens is 312 g/mol. The van der Waals surface area contributed by atoms with Gasteiger partial charge in [-0.3, -0.25) is 4.99 Å². The van der Waals surface area contributed by atoms with Gasteiger partial charge in [-0.25, -0.2) is 4.98 Å². The molecule has 2 atom stereocenters. The molecule has 1 N–H and O–H groups in total. The number of aliphatic imine (C=N–C) groups is 1. The summed E-state index contributed by atoms with van der Waals surface area (Å²) in [5.74, 6) is 1.71. The van der Waals surface area contributed by atoms with Gasteiger partial charge in [0.05, 0.1) is 12.4 Å².